The van der Waals surface area contributed by atoms with Crippen LogP contribution < -0.4 is 5.73 Å². The van der Waals surface area contributed by atoms with Gasteiger partial charge in [0.1, 0.15) is 9.34 Å². The number of rotatable bonds is 3. The first-order chi connectivity index (χ1) is 7.28. The number of piperidine rings is 1. The van der Waals surface area contributed by atoms with Crippen LogP contribution in [0, 0.1) is 5.92 Å². The molecule has 2 heterocycles. The molecule has 3 nitrogen and oxygen atoms in total. The lowest BCUT2D eigenvalue weighted by molar-refractivity contribution is 0.171. The second-order valence-corrected chi connectivity index (χ2v) is 5.78. The summed E-state index contributed by atoms with van der Waals surface area (Å²) >= 11 is 7.42. The number of hydrogen-bond donors (Lipinski definition) is 1. The molecule has 1 unspecified atom stereocenters. The smallest absolute Gasteiger partial charge is 0.113 e. The van der Waals surface area contributed by atoms with Crippen molar-refractivity contribution >= 4 is 22.9 Å². The molecule has 1 aromatic heterocycles. The number of likely N-dealkylation sites (tertiary alicyclic amines) is 1. The highest BCUT2D eigenvalue weighted by Gasteiger charge is 2.19. The summed E-state index contributed by atoms with van der Waals surface area (Å²) < 4.78 is 0.775. The van der Waals surface area contributed by atoms with Crippen molar-refractivity contribution in [2.24, 2.45) is 11.7 Å². The SMILES string of the molecule is NCC1CCCN(Cc2ncc(Cl)s2)C1. The van der Waals surface area contributed by atoms with Crippen molar-refractivity contribution < 1.29 is 0 Å². The molecule has 1 aliphatic heterocycles. The number of nitrogens with two attached hydrogens (primary N) is 1. The van der Waals surface area contributed by atoms with Gasteiger partial charge in [0.25, 0.3) is 0 Å². The normalized spacial score (nSPS) is 23.2. The molecular weight excluding hydrogens is 230 g/mol. The van der Waals surface area contributed by atoms with E-state index in [1.807, 2.05) is 0 Å². The van der Waals surface area contributed by atoms with Crippen LogP contribution in [0.4, 0.5) is 0 Å². The minimum atomic E-state index is 0.661. The Kier molecular flexibility index (Phi) is 3.97. The highest BCUT2D eigenvalue weighted by molar-refractivity contribution is 7.15. The van der Waals surface area contributed by atoms with Gasteiger partial charge in [-0.2, -0.15) is 0 Å². The van der Waals surface area contributed by atoms with Crippen LogP contribution in [0.15, 0.2) is 6.20 Å². The molecule has 0 bridgehead atoms. The first-order valence-electron chi connectivity index (χ1n) is 5.30. The average Bonchev–Trinajstić information content (AvgIpc) is 2.64. The first-order valence-corrected chi connectivity index (χ1v) is 6.50. The molecule has 1 aliphatic rings. The van der Waals surface area contributed by atoms with Crippen LogP contribution in [0.25, 0.3) is 0 Å². The highest BCUT2D eigenvalue weighted by atomic mass is 35.5. The van der Waals surface area contributed by atoms with E-state index >= 15 is 0 Å². The minimum absolute atomic E-state index is 0.661. The van der Waals surface area contributed by atoms with Crippen LogP contribution in [0.2, 0.25) is 4.34 Å². The Labute approximate surface area is 99.2 Å². The number of aromatic nitrogens is 1. The van der Waals surface area contributed by atoms with E-state index < -0.39 is 0 Å². The van der Waals surface area contributed by atoms with Crippen LogP contribution >= 0.6 is 22.9 Å². The average molecular weight is 246 g/mol. The maximum absolute atomic E-state index is 5.85. The summed E-state index contributed by atoms with van der Waals surface area (Å²) in [6, 6.07) is 0. The van der Waals surface area contributed by atoms with Crippen molar-refractivity contribution in [3.63, 3.8) is 0 Å². The third-order valence-electron chi connectivity index (χ3n) is 2.82. The summed E-state index contributed by atoms with van der Waals surface area (Å²) in [5.74, 6) is 0.661. The molecule has 2 rings (SSSR count). The summed E-state index contributed by atoms with van der Waals surface area (Å²) in [5, 5.41) is 1.11. The summed E-state index contributed by atoms with van der Waals surface area (Å²) in [7, 11) is 0. The fraction of sp³-hybridized carbons (Fsp3) is 0.700. The standard InChI is InChI=1S/C10H16ClN3S/c11-9-5-13-10(15-9)7-14-3-1-2-8(4-12)6-14/h5,8H,1-4,6-7,12H2. The van der Waals surface area contributed by atoms with E-state index in [0.717, 1.165) is 35.5 Å². The molecule has 1 aromatic rings. The minimum Gasteiger partial charge on any atom is -0.330 e. The zero-order chi connectivity index (χ0) is 10.7. The predicted octanol–water partition coefficient (Wildman–Crippen LogP) is 1.97. The van der Waals surface area contributed by atoms with Gasteiger partial charge >= 0.3 is 0 Å². The van der Waals surface area contributed by atoms with Gasteiger partial charge in [-0.3, -0.25) is 4.90 Å². The fourth-order valence-corrected chi connectivity index (χ4v) is 3.04. The largest absolute Gasteiger partial charge is 0.330 e. The second kappa shape index (κ2) is 5.25. The molecule has 0 radical (unpaired) electrons. The Morgan fingerprint density at radius 3 is 3.20 bits per heavy atom. The van der Waals surface area contributed by atoms with Crippen molar-refractivity contribution in [2.75, 3.05) is 19.6 Å². The van der Waals surface area contributed by atoms with Crippen LogP contribution in [0.3, 0.4) is 0 Å². The number of halogens is 1. The molecule has 1 fully saturated rings. The van der Waals surface area contributed by atoms with Crippen LogP contribution in [-0.4, -0.2) is 29.5 Å². The van der Waals surface area contributed by atoms with Crippen molar-refractivity contribution in [1.29, 1.82) is 0 Å². The van der Waals surface area contributed by atoms with E-state index in [-0.39, 0.29) is 0 Å². The van der Waals surface area contributed by atoms with Gasteiger partial charge in [-0.05, 0) is 31.8 Å². The molecule has 0 saturated carbocycles. The predicted molar refractivity (Wildman–Crippen MR) is 64.2 cm³/mol. The van der Waals surface area contributed by atoms with E-state index in [1.165, 1.54) is 12.8 Å². The Balaban J connectivity index is 1.88. The molecular formula is C10H16ClN3S. The van der Waals surface area contributed by atoms with Crippen LogP contribution in [0.5, 0.6) is 0 Å². The number of nitrogens with zero attached hydrogens (tertiary/aromatic N) is 2. The van der Waals surface area contributed by atoms with Crippen LogP contribution in [0.1, 0.15) is 17.8 Å². The number of thiazole rings is 1. The highest BCUT2D eigenvalue weighted by Crippen LogP contribution is 2.22. The second-order valence-electron chi connectivity index (χ2n) is 4.04. The van der Waals surface area contributed by atoms with Gasteiger partial charge in [0.05, 0.1) is 12.7 Å². The quantitative estimate of drug-likeness (QED) is 0.886. The maximum Gasteiger partial charge on any atom is 0.113 e. The Hall–Kier alpha value is -0.160. The van der Waals surface area contributed by atoms with Crippen molar-refractivity contribution in [2.45, 2.75) is 19.4 Å². The molecule has 5 heteroatoms. The Morgan fingerprint density at radius 2 is 2.53 bits per heavy atom. The lowest BCUT2D eigenvalue weighted by atomic mass is 9.98. The Bertz CT molecular complexity index is 315. The van der Waals surface area contributed by atoms with Crippen molar-refractivity contribution in [3.8, 4) is 0 Å². The van der Waals surface area contributed by atoms with Gasteiger partial charge in [0.2, 0.25) is 0 Å². The van der Waals surface area contributed by atoms with Gasteiger partial charge in [-0.25, -0.2) is 4.98 Å². The molecule has 0 aliphatic carbocycles. The lowest BCUT2D eigenvalue weighted by Crippen LogP contribution is -2.37. The van der Waals surface area contributed by atoms with Crippen molar-refractivity contribution in [3.05, 3.63) is 15.5 Å². The van der Waals surface area contributed by atoms with E-state index in [2.05, 4.69) is 9.88 Å². The monoisotopic (exact) mass is 245 g/mol. The van der Waals surface area contributed by atoms with Crippen LogP contribution in [-0.2, 0) is 6.54 Å². The van der Waals surface area contributed by atoms with Gasteiger partial charge < -0.3 is 5.73 Å². The van der Waals surface area contributed by atoms with E-state index in [1.54, 1.807) is 17.5 Å². The third-order valence-corrected chi connectivity index (χ3v) is 3.92. The molecule has 15 heavy (non-hydrogen) atoms. The fourth-order valence-electron chi connectivity index (χ4n) is 2.04. The zero-order valence-electron chi connectivity index (χ0n) is 8.66. The summed E-state index contributed by atoms with van der Waals surface area (Å²) in [4.78, 5) is 6.70. The molecule has 0 spiro atoms. The van der Waals surface area contributed by atoms with Gasteiger partial charge in [-0.1, -0.05) is 11.6 Å². The molecule has 0 aromatic carbocycles. The molecule has 1 atom stereocenters. The maximum atomic E-state index is 5.85. The summed E-state index contributed by atoms with van der Waals surface area (Å²) in [6.07, 6.45) is 4.25. The van der Waals surface area contributed by atoms with Gasteiger partial charge in [0.15, 0.2) is 0 Å². The lowest BCUT2D eigenvalue weighted by Gasteiger charge is -2.31. The van der Waals surface area contributed by atoms with Gasteiger partial charge in [0, 0.05) is 6.54 Å². The van der Waals surface area contributed by atoms with Crippen molar-refractivity contribution in [1.82, 2.24) is 9.88 Å². The van der Waals surface area contributed by atoms with E-state index in [4.69, 9.17) is 17.3 Å². The third kappa shape index (κ3) is 3.14. The summed E-state index contributed by atoms with van der Waals surface area (Å²) in [5.41, 5.74) is 5.70. The Morgan fingerprint density at radius 1 is 1.67 bits per heavy atom. The molecule has 0 amide bonds. The summed E-state index contributed by atoms with van der Waals surface area (Å²) in [6.45, 7) is 3.99. The first kappa shape index (κ1) is 11.3. The molecule has 2 N–H and O–H groups in total. The molecule has 84 valence electrons. The zero-order valence-corrected chi connectivity index (χ0v) is 10.2. The topological polar surface area (TPSA) is 42.1 Å². The molecule has 1 saturated heterocycles. The van der Waals surface area contributed by atoms with E-state index in [0.29, 0.717) is 5.92 Å². The number of hydrogen-bond acceptors (Lipinski definition) is 4. The van der Waals surface area contributed by atoms with E-state index in [9.17, 15) is 0 Å². The van der Waals surface area contributed by atoms with Gasteiger partial charge in [-0.15, -0.1) is 11.3 Å².